The monoisotopic (exact) mass is 387 g/mol. The Hall–Kier alpha value is -2.83. The Morgan fingerprint density at radius 3 is 2.93 bits per heavy atom. The van der Waals surface area contributed by atoms with E-state index in [1.807, 2.05) is 6.07 Å². The molecule has 1 aromatic carbocycles. The third kappa shape index (κ3) is 3.88. The molecule has 146 valence electrons. The summed E-state index contributed by atoms with van der Waals surface area (Å²) in [5, 5.41) is 6.01. The summed E-state index contributed by atoms with van der Waals surface area (Å²) >= 11 is 0. The quantitative estimate of drug-likeness (QED) is 0.767. The molecule has 28 heavy (non-hydrogen) atoms. The summed E-state index contributed by atoms with van der Waals surface area (Å²) in [7, 11) is 0. The number of nitrogens with zero attached hydrogens (tertiary/aromatic N) is 1. The van der Waals surface area contributed by atoms with Gasteiger partial charge in [-0.2, -0.15) is 13.2 Å². The van der Waals surface area contributed by atoms with Crippen molar-refractivity contribution < 1.29 is 18.0 Å². The van der Waals surface area contributed by atoms with Crippen molar-refractivity contribution in [2.24, 2.45) is 0 Å². The molecule has 1 unspecified atom stereocenters. The van der Waals surface area contributed by atoms with Crippen molar-refractivity contribution in [2.45, 2.75) is 37.9 Å². The van der Waals surface area contributed by atoms with Crippen LogP contribution in [0.15, 0.2) is 42.6 Å². The number of aromatic nitrogens is 1. The van der Waals surface area contributed by atoms with Gasteiger partial charge in [-0.25, -0.2) is 0 Å². The lowest BCUT2D eigenvalue weighted by Gasteiger charge is -2.25. The van der Waals surface area contributed by atoms with E-state index in [1.165, 1.54) is 17.7 Å². The minimum atomic E-state index is -4.39. The molecular weight excluding hydrogens is 367 g/mol. The maximum Gasteiger partial charge on any atom is 0.416 e. The molecule has 1 atom stereocenters. The van der Waals surface area contributed by atoms with Crippen molar-refractivity contribution in [3.05, 3.63) is 65.0 Å². The number of alkyl halides is 3. The van der Waals surface area contributed by atoms with E-state index in [4.69, 9.17) is 0 Å². The van der Waals surface area contributed by atoms with E-state index in [0.717, 1.165) is 36.2 Å². The molecule has 0 saturated heterocycles. The number of hydrogen-bond acceptors (Lipinski definition) is 3. The SMILES string of the molecule is O=C(/C=C1\CCNc2cc(C(F)(F)F)ccc21)NC1CCc2cccnc2C1. The Morgan fingerprint density at radius 1 is 1.25 bits per heavy atom. The van der Waals surface area contributed by atoms with Crippen LogP contribution in [0, 0.1) is 0 Å². The van der Waals surface area contributed by atoms with Crippen LogP contribution in [0.2, 0.25) is 0 Å². The van der Waals surface area contributed by atoms with Crippen LogP contribution in [0.5, 0.6) is 0 Å². The summed E-state index contributed by atoms with van der Waals surface area (Å²) in [5.74, 6) is -0.216. The Kier molecular flexibility index (Phi) is 4.83. The largest absolute Gasteiger partial charge is 0.416 e. The molecule has 1 aliphatic heterocycles. The molecule has 4 nitrogen and oxygen atoms in total. The Morgan fingerprint density at radius 2 is 2.11 bits per heavy atom. The first-order valence-corrected chi connectivity index (χ1v) is 9.29. The molecule has 2 aromatic rings. The number of carbonyl (C=O) groups is 1. The first kappa shape index (κ1) is 18.5. The Bertz CT molecular complexity index is 937. The van der Waals surface area contributed by atoms with Gasteiger partial charge in [-0.1, -0.05) is 12.1 Å². The maximum absolute atomic E-state index is 12.9. The number of fused-ring (bicyclic) bond motifs is 2. The van der Waals surface area contributed by atoms with Gasteiger partial charge in [0.05, 0.1) is 5.56 Å². The van der Waals surface area contributed by atoms with Crippen LogP contribution in [0.25, 0.3) is 5.57 Å². The van der Waals surface area contributed by atoms with Gasteiger partial charge in [-0.15, -0.1) is 0 Å². The first-order valence-electron chi connectivity index (χ1n) is 9.29. The number of pyridine rings is 1. The molecule has 1 amide bonds. The van der Waals surface area contributed by atoms with Crippen molar-refractivity contribution in [2.75, 3.05) is 11.9 Å². The summed E-state index contributed by atoms with van der Waals surface area (Å²) in [6.07, 6.45) is 1.88. The molecule has 4 rings (SSSR count). The maximum atomic E-state index is 12.9. The second-order valence-electron chi connectivity index (χ2n) is 7.16. The number of amides is 1. The normalized spacial score (nSPS) is 20.1. The molecule has 0 fully saturated rings. The van der Waals surface area contributed by atoms with Gasteiger partial charge < -0.3 is 10.6 Å². The topological polar surface area (TPSA) is 54.0 Å². The van der Waals surface area contributed by atoms with Crippen LogP contribution in [-0.4, -0.2) is 23.5 Å². The highest BCUT2D eigenvalue weighted by Gasteiger charge is 2.31. The van der Waals surface area contributed by atoms with E-state index in [2.05, 4.69) is 21.7 Å². The fourth-order valence-electron chi connectivity index (χ4n) is 3.84. The predicted molar refractivity (Wildman–Crippen MR) is 101 cm³/mol. The molecule has 2 N–H and O–H groups in total. The summed E-state index contributed by atoms with van der Waals surface area (Å²) in [6.45, 7) is 0.494. The standard InChI is InChI=1S/C21H20F3N3O/c22-21(23,24)15-4-6-17-14(7-9-26-19(17)11-15)10-20(28)27-16-5-3-13-2-1-8-25-18(13)12-16/h1-2,4,6,8,10-11,16,26H,3,5,7,9,12H2,(H,27,28)/b14-10+. The third-order valence-electron chi connectivity index (χ3n) is 5.24. The van der Waals surface area contributed by atoms with E-state index < -0.39 is 11.7 Å². The van der Waals surface area contributed by atoms with Crippen LogP contribution in [-0.2, 0) is 23.8 Å². The van der Waals surface area contributed by atoms with Crippen molar-refractivity contribution in [3.63, 3.8) is 0 Å². The molecule has 0 radical (unpaired) electrons. The highest BCUT2D eigenvalue weighted by atomic mass is 19.4. The van der Waals surface area contributed by atoms with Crippen LogP contribution in [0.1, 0.15) is 35.2 Å². The fraction of sp³-hybridized carbons (Fsp3) is 0.333. The number of anilines is 1. The molecule has 1 aliphatic carbocycles. The average Bonchev–Trinajstić information content (AvgIpc) is 2.67. The van der Waals surface area contributed by atoms with Crippen molar-refractivity contribution in [1.82, 2.24) is 10.3 Å². The van der Waals surface area contributed by atoms with E-state index in [0.29, 0.717) is 30.6 Å². The summed E-state index contributed by atoms with van der Waals surface area (Å²) in [5.41, 5.74) is 3.34. The van der Waals surface area contributed by atoms with Crippen molar-refractivity contribution >= 4 is 17.2 Å². The van der Waals surface area contributed by atoms with Gasteiger partial charge in [0.25, 0.3) is 0 Å². The zero-order valence-corrected chi connectivity index (χ0v) is 15.1. The van der Waals surface area contributed by atoms with Gasteiger partial charge in [0, 0.05) is 48.2 Å². The Labute approximate surface area is 160 Å². The first-order chi connectivity index (χ1) is 13.4. The van der Waals surface area contributed by atoms with E-state index in [-0.39, 0.29) is 11.9 Å². The zero-order chi connectivity index (χ0) is 19.7. The number of aryl methyl sites for hydroxylation is 1. The summed E-state index contributed by atoms with van der Waals surface area (Å²) < 4.78 is 38.8. The van der Waals surface area contributed by atoms with Gasteiger partial charge in [0.15, 0.2) is 0 Å². The second kappa shape index (κ2) is 7.30. The molecule has 7 heteroatoms. The van der Waals surface area contributed by atoms with Crippen LogP contribution >= 0.6 is 0 Å². The minimum absolute atomic E-state index is 0.0144. The van der Waals surface area contributed by atoms with E-state index in [1.54, 1.807) is 6.20 Å². The van der Waals surface area contributed by atoms with Gasteiger partial charge in [0.2, 0.25) is 5.91 Å². The van der Waals surface area contributed by atoms with Crippen LogP contribution in [0.3, 0.4) is 0 Å². The van der Waals surface area contributed by atoms with E-state index in [9.17, 15) is 18.0 Å². The third-order valence-corrected chi connectivity index (χ3v) is 5.24. The van der Waals surface area contributed by atoms with Gasteiger partial charge >= 0.3 is 6.18 Å². The number of nitrogens with one attached hydrogen (secondary N) is 2. The number of halogens is 3. The molecule has 0 bridgehead atoms. The molecule has 0 saturated carbocycles. The van der Waals surface area contributed by atoms with Gasteiger partial charge in [0.1, 0.15) is 0 Å². The molecule has 2 aliphatic rings. The lowest BCUT2D eigenvalue weighted by Crippen LogP contribution is -2.38. The zero-order valence-electron chi connectivity index (χ0n) is 15.1. The summed E-state index contributed by atoms with van der Waals surface area (Å²) in [6, 6.07) is 7.58. The van der Waals surface area contributed by atoms with Gasteiger partial charge in [-0.05, 0) is 48.6 Å². The summed E-state index contributed by atoms with van der Waals surface area (Å²) in [4.78, 5) is 16.9. The average molecular weight is 387 g/mol. The van der Waals surface area contributed by atoms with Crippen LogP contribution in [0.4, 0.5) is 18.9 Å². The lowest BCUT2D eigenvalue weighted by molar-refractivity contribution is -0.137. The fourth-order valence-corrected chi connectivity index (χ4v) is 3.84. The Balaban J connectivity index is 1.49. The smallest absolute Gasteiger partial charge is 0.384 e. The highest BCUT2D eigenvalue weighted by molar-refractivity contribution is 5.97. The van der Waals surface area contributed by atoms with Crippen LogP contribution < -0.4 is 10.6 Å². The van der Waals surface area contributed by atoms with Crippen molar-refractivity contribution in [1.29, 1.82) is 0 Å². The van der Waals surface area contributed by atoms with Gasteiger partial charge in [-0.3, -0.25) is 9.78 Å². The highest BCUT2D eigenvalue weighted by Crippen LogP contribution is 2.36. The number of benzene rings is 1. The second-order valence-corrected chi connectivity index (χ2v) is 7.16. The predicted octanol–water partition coefficient (Wildman–Crippen LogP) is 3.97. The number of hydrogen-bond donors (Lipinski definition) is 2. The minimum Gasteiger partial charge on any atom is -0.384 e. The molecular formula is C21H20F3N3O. The van der Waals surface area contributed by atoms with E-state index >= 15 is 0 Å². The lowest BCUT2D eigenvalue weighted by atomic mass is 9.91. The number of rotatable bonds is 2. The molecule has 1 aromatic heterocycles. The molecule has 2 heterocycles. The van der Waals surface area contributed by atoms with Crippen molar-refractivity contribution in [3.8, 4) is 0 Å². The number of carbonyl (C=O) groups excluding carboxylic acids is 1. The molecule has 0 spiro atoms.